The van der Waals surface area contributed by atoms with Gasteiger partial charge in [-0.1, -0.05) is 12.8 Å². The van der Waals surface area contributed by atoms with Gasteiger partial charge in [0, 0.05) is 32.7 Å². The maximum Gasteiger partial charge on any atom is 0.282 e. The second-order valence-corrected chi connectivity index (χ2v) is 7.93. The monoisotopic (exact) mass is 330 g/mol. The molecule has 3 aliphatic heterocycles. The molecule has 0 saturated carbocycles. The number of carbonyl (C=O) groups is 2. The van der Waals surface area contributed by atoms with E-state index in [9.17, 15) is 18.0 Å². The van der Waals surface area contributed by atoms with Crippen LogP contribution in [0.15, 0.2) is 0 Å². The molecule has 3 heterocycles. The van der Waals surface area contributed by atoms with Crippen molar-refractivity contribution in [2.75, 3.05) is 39.3 Å². The van der Waals surface area contributed by atoms with Crippen LogP contribution in [0, 0.1) is 0 Å². The molecule has 0 radical (unpaired) electrons. The lowest BCUT2D eigenvalue weighted by Gasteiger charge is -2.43. The minimum atomic E-state index is -3.55. The average molecular weight is 330 g/mol. The van der Waals surface area contributed by atoms with E-state index in [2.05, 4.69) is 5.32 Å². The Morgan fingerprint density at radius 2 is 1.59 bits per heavy atom. The number of amides is 2. The number of nitrogens with one attached hydrogen (secondary N) is 1. The Kier molecular flexibility index (Phi) is 4.37. The molecule has 0 aliphatic carbocycles. The summed E-state index contributed by atoms with van der Waals surface area (Å²) in [6.45, 7) is 1.68. The third-order valence-electron chi connectivity index (χ3n) is 4.60. The predicted molar refractivity (Wildman–Crippen MR) is 79.0 cm³/mol. The van der Waals surface area contributed by atoms with Crippen LogP contribution in [0.1, 0.15) is 25.7 Å². The van der Waals surface area contributed by atoms with E-state index in [1.165, 1.54) is 13.5 Å². The summed E-state index contributed by atoms with van der Waals surface area (Å²) in [6.07, 6.45) is 3.86. The van der Waals surface area contributed by atoms with E-state index in [0.29, 0.717) is 13.1 Å². The molecule has 22 heavy (non-hydrogen) atoms. The average Bonchev–Trinajstić information content (AvgIpc) is 2.80. The first-order valence-corrected chi connectivity index (χ1v) is 9.22. The number of nitrogens with zero attached hydrogens (tertiary/aromatic N) is 3. The number of hydrogen-bond donors (Lipinski definition) is 1. The molecule has 1 N–H and O–H groups in total. The van der Waals surface area contributed by atoms with Gasteiger partial charge in [0.1, 0.15) is 6.04 Å². The Morgan fingerprint density at radius 3 is 2.27 bits per heavy atom. The van der Waals surface area contributed by atoms with Crippen LogP contribution in [0.4, 0.5) is 0 Å². The van der Waals surface area contributed by atoms with Crippen LogP contribution in [0.2, 0.25) is 0 Å². The number of piperazine rings is 2. The van der Waals surface area contributed by atoms with Gasteiger partial charge in [0.05, 0.1) is 6.54 Å². The lowest BCUT2D eigenvalue weighted by molar-refractivity contribution is -0.147. The van der Waals surface area contributed by atoms with Gasteiger partial charge in [0.2, 0.25) is 11.8 Å². The van der Waals surface area contributed by atoms with E-state index in [-0.39, 0.29) is 38.0 Å². The first-order valence-electron chi connectivity index (χ1n) is 7.82. The number of rotatable bonds is 2. The van der Waals surface area contributed by atoms with E-state index in [4.69, 9.17) is 0 Å². The van der Waals surface area contributed by atoms with Crippen LogP contribution in [-0.2, 0) is 19.8 Å². The van der Waals surface area contributed by atoms with Crippen molar-refractivity contribution in [3.63, 3.8) is 0 Å². The van der Waals surface area contributed by atoms with E-state index < -0.39 is 16.3 Å². The summed E-state index contributed by atoms with van der Waals surface area (Å²) < 4.78 is 28.4. The van der Waals surface area contributed by atoms with Crippen LogP contribution in [0.5, 0.6) is 0 Å². The standard InChI is InChI=1S/C13H22N4O4S/c18-12-9-14-13(19)11-10-16(7-8-17(11)12)22(20,21)15-5-3-1-2-4-6-15/h11H,1-10H2,(H,14,19)/t11-/m0/s1. The van der Waals surface area contributed by atoms with E-state index in [0.717, 1.165) is 25.7 Å². The van der Waals surface area contributed by atoms with Crippen molar-refractivity contribution >= 4 is 22.0 Å². The van der Waals surface area contributed by atoms with Crippen molar-refractivity contribution in [2.45, 2.75) is 31.7 Å². The summed E-state index contributed by atoms with van der Waals surface area (Å²) in [4.78, 5) is 25.2. The SMILES string of the molecule is O=C1NCC(=O)N2CCN(S(=O)(=O)N3CCCCCC3)C[C@@H]12. The number of fused-ring (bicyclic) bond motifs is 1. The second-order valence-electron chi connectivity index (χ2n) is 6.00. The highest BCUT2D eigenvalue weighted by Gasteiger charge is 2.43. The maximum absolute atomic E-state index is 12.8. The summed E-state index contributed by atoms with van der Waals surface area (Å²) >= 11 is 0. The maximum atomic E-state index is 12.8. The predicted octanol–water partition coefficient (Wildman–Crippen LogP) is -1.25. The Balaban J connectivity index is 1.75. The third kappa shape index (κ3) is 2.84. The first kappa shape index (κ1) is 15.7. The van der Waals surface area contributed by atoms with Crippen LogP contribution < -0.4 is 5.32 Å². The van der Waals surface area contributed by atoms with Gasteiger partial charge in [0.25, 0.3) is 10.2 Å². The fraction of sp³-hybridized carbons (Fsp3) is 0.846. The molecule has 0 aromatic carbocycles. The molecule has 0 aromatic heterocycles. The lowest BCUT2D eigenvalue weighted by Crippen LogP contribution is -2.67. The fourth-order valence-corrected chi connectivity index (χ4v) is 5.00. The number of hydrogen-bond acceptors (Lipinski definition) is 4. The largest absolute Gasteiger partial charge is 0.345 e. The van der Waals surface area contributed by atoms with Crippen molar-refractivity contribution in [2.24, 2.45) is 0 Å². The van der Waals surface area contributed by atoms with Gasteiger partial charge in [-0.05, 0) is 12.8 Å². The van der Waals surface area contributed by atoms with E-state index >= 15 is 0 Å². The Bertz CT molecular complexity index is 556. The molecule has 3 saturated heterocycles. The van der Waals surface area contributed by atoms with Gasteiger partial charge in [-0.2, -0.15) is 17.0 Å². The summed E-state index contributed by atoms with van der Waals surface area (Å²) in [5.74, 6) is -0.410. The molecule has 0 bridgehead atoms. The zero-order valence-electron chi connectivity index (χ0n) is 12.5. The molecule has 3 rings (SSSR count). The highest BCUT2D eigenvalue weighted by atomic mass is 32.2. The molecule has 0 spiro atoms. The van der Waals surface area contributed by atoms with Crippen LogP contribution in [0.25, 0.3) is 0 Å². The van der Waals surface area contributed by atoms with Gasteiger partial charge in [-0.25, -0.2) is 0 Å². The molecule has 0 unspecified atom stereocenters. The van der Waals surface area contributed by atoms with Crippen molar-refractivity contribution in [1.29, 1.82) is 0 Å². The molecule has 2 amide bonds. The molecular formula is C13H22N4O4S. The van der Waals surface area contributed by atoms with E-state index in [1.54, 1.807) is 0 Å². The molecule has 124 valence electrons. The first-order chi connectivity index (χ1) is 10.5. The summed E-state index contributed by atoms with van der Waals surface area (Å²) in [5, 5.41) is 2.53. The fourth-order valence-electron chi connectivity index (χ4n) is 3.31. The highest BCUT2D eigenvalue weighted by Crippen LogP contribution is 2.21. The van der Waals surface area contributed by atoms with Crippen LogP contribution in [-0.4, -0.2) is 79.1 Å². The molecule has 3 aliphatic rings. The zero-order valence-corrected chi connectivity index (χ0v) is 13.3. The zero-order chi connectivity index (χ0) is 15.7. The molecule has 8 nitrogen and oxygen atoms in total. The van der Waals surface area contributed by atoms with Crippen molar-refractivity contribution in [3.05, 3.63) is 0 Å². The molecule has 9 heteroatoms. The Morgan fingerprint density at radius 1 is 0.909 bits per heavy atom. The summed E-state index contributed by atoms with van der Waals surface area (Å²) in [7, 11) is -3.55. The Labute approximate surface area is 130 Å². The lowest BCUT2D eigenvalue weighted by atomic mass is 10.1. The van der Waals surface area contributed by atoms with Gasteiger partial charge in [-0.3, -0.25) is 9.59 Å². The minimum absolute atomic E-state index is 0.00814. The van der Waals surface area contributed by atoms with Gasteiger partial charge < -0.3 is 10.2 Å². The molecule has 0 aromatic rings. The summed E-state index contributed by atoms with van der Waals surface area (Å²) in [6, 6.07) is -0.697. The summed E-state index contributed by atoms with van der Waals surface area (Å²) in [5.41, 5.74) is 0. The van der Waals surface area contributed by atoms with Crippen molar-refractivity contribution in [1.82, 2.24) is 18.8 Å². The van der Waals surface area contributed by atoms with Crippen molar-refractivity contribution < 1.29 is 18.0 Å². The quantitative estimate of drug-likeness (QED) is 0.685. The molecule has 3 fully saturated rings. The third-order valence-corrected chi connectivity index (χ3v) is 6.60. The van der Waals surface area contributed by atoms with Crippen molar-refractivity contribution in [3.8, 4) is 0 Å². The van der Waals surface area contributed by atoms with Gasteiger partial charge >= 0.3 is 0 Å². The molecular weight excluding hydrogens is 308 g/mol. The normalized spacial score (nSPS) is 28.9. The smallest absolute Gasteiger partial charge is 0.282 e. The van der Waals surface area contributed by atoms with Crippen LogP contribution in [0.3, 0.4) is 0 Å². The number of carbonyl (C=O) groups excluding carboxylic acids is 2. The van der Waals surface area contributed by atoms with E-state index in [1.807, 2.05) is 0 Å². The Hall–Kier alpha value is -1.19. The second kappa shape index (κ2) is 6.13. The van der Waals surface area contributed by atoms with Gasteiger partial charge in [0.15, 0.2) is 0 Å². The minimum Gasteiger partial charge on any atom is -0.345 e. The van der Waals surface area contributed by atoms with Gasteiger partial charge in [-0.15, -0.1) is 0 Å². The topological polar surface area (TPSA) is 90.0 Å². The van der Waals surface area contributed by atoms with Crippen LogP contribution >= 0.6 is 0 Å². The highest BCUT2D eigenvalue weighted by molar-refractivity contribution is 7.86. The molecule has 1 atom stereocenters.